The number of benzene rings is 2. The van der Waals surface area contributed by atoms with Crippen LogP contribution in [0.5, 0.6) is 5.75 Å². The summed E-state index contributed by atoms with van der Waals surface area (Å²) in [4.78, 5) is 15.4. The average Bonchev–Trinajstić information content (AvgIpc) is 2.64. The Morgan fingerprint density at radius 3 is 2.46 bits per heavy atom. The average molecular weight is 353 g/mol. The zero-order valence-corrected chi connectivity index (χ0v) is 15.6. The molecule has 2 aromatic rings. The number of hydrogen-bond donors (Lipinski definition) is 1. The fourth-order valence-electron chi connectivity index (χ4n) is 2.61. The number of ether oxygens (including phenoxy) is 1. The van der Waals surface area contributed by atoms with Crippen LogP contribution in [0.2, 0.25) is 0 Å². The van der Waals surface area contributed by atoms with Crippen molar-refractivity contribution in [3.05, 3.63) is 59.2 Å². The van der Waals surface area contributed by atoms with Gasteiger partial charge in [-0.1, -0.05) is 44.7 Å². The molecular weight excluding hydrogens is 326 g/mol. The Labute approximate surface area is 155 Å². The third kappa shape index (κ3) is 6.36. The molecule has 0 unspecified atom stereocenters. The second-order valence-electron chi connectivity index (χ2n) is 6.40. The van der Waals surface area contributed by atoms with E-state index in [0.29, 0.717) is 0 Å². The summed E-state index contributed by atoms with van der Waals surface area (Å²) in [6, 6.07) is 12.5. The van der Waals surface area contributed by atoms with Crippen molar-refractivity contribution in [1.29, 1.82) is 0 Å². The normalized spacial score (nSPS) is 11.0. The molecule has 1 N–H and O–H groups in total. The highest BCUT2D eigenvalue weighted by molar-refractivity contribution is 5.89. The van der Waals surface area contributed by atoms with Gasteiger partial charge in [0, 0.05) is 6.21 Å². The monoisotopic (exact) mass is 353 g/mol. The molecule has 0 aliphatic carbocycles. The van der Waals surface area contributed by atoms with E-state index in [4.69, 9.17) is 9.84 Å². The first kappa shape index (κ1) is 19.7. The second-order valence-corrected chi connectivity index (χ2v) is 6.40. The highest BCUT2D eigenvalue weighted by atomic mass is 16.5. The van der Waals surface area contributed by atoms with Crippen molar-refractivity contribution in [2.45, 2.75) is 46.0 Å². The summed E-state index contributed by atoms with van der Waals surface area (Å²) in [5, 5.41) is 8.92. The van der Waals surface area contributed by atoms with Gasteiger partial charge in [0.15, 0.2) is 0 Å². The molecule has 0 saturated carbocycles. The van der Waals surface area contributed by atoms with Crippen LogP contribution >= 0.6 is 0 Å². The van der Waals surface area contributed by atoms with E-state index in [1.165, 1.54) is 25.7 Å². The van der Waals surface area contributed by atoms with Gasteiger partial charge in [-0.05, 0) is 54.8 Å². The first-order chi connectivity index (χ1) is 12.6. The van der Waals surface area contributed by atoms with E-state index in [9.17, 15) is 4.79 Å². The smallest absolute Gasteiger partial charge is 0.335 e. The van der Waals surface area contributed by atoms with E-state index < -0.39 is 5.97 Å². The van der Waals surface area contributed by atoms with E-state index in [2.05, 4.69) is 11.9 Å². The lowest BCUT2D eigenvalue weighted by molar-refractivity contribution is 0.0697. The molecule has 0 fully saturated rings. The Hall–Kier alpha value is -2.62. The van der Waals surface area contributed by atoms with Gasteiger partial charge in [-0.3, -0.25) is 4.99 Å². The molecule has 0 heterocycles. The van der Waals surface area contributed by atoms with Crippen LogP contribution in [0.15, 0.2) is 47.5 Å². The van der Waals surface area contributed by atoms with Gasteiger partial charge in [-0.2, -0.15) is 0 Å². The summed E-state index contributed by atoms with van der Waals surface area (Å²) >= 11 is 0. The number of carbonyl (C=O) groups is 1. The van der Waals surface area contributed by atoms with E-state index in [-0.39, 0.29) is 5.56 Å². The van der Waals surface area contributed by atoms with Crippen LogP contribution in [-0.2, 0) is 0 Å². The first-order valence-corrected chi connectivity index (χ1v) is 9.21. The molecule has 0 radical (unpaired) electrons. The second kappa shape index (κ2) is 10.4. The summed E-state index contributed by atoms with van der Waals surface area (Å²) in [5.74, 6) is -0.0481. The van der Waals surface area contributed by atoms with Gasteiger partial charge >= 0.3 is 5.97 Å². The fourth-order valence-corrected chi connectivity index (χ4v) is 2.61. The van der Waals surface area contributed by atoms with Gasteiger partial charge in [-0.15, -0.1) is 0 Å². The van der Waals surface area contributed by atoms with Crippen LogP contribution in [0, 0.1) is 6.92 Å². The maximum atomic E-state index is 10.9. The van der Waals surface area contributed by atoms with Crippen molar-refractivity contribution in [3.63, 3.8) is 0 Å². The number of aryl methyl sites for hydroxylation is 1. The lowest BCUT2D eigenvalue weighted by Crippen LogP contribution is -1.97. The fraction of sp³-hybridized carbons (Fsp3) is 0.364. The summed E-state index contributed by atoms with van der Waals surface area (Å²) in [6.07, 6.45) is 7.87. The topological polar surface area (TPSA) is 58.9 Å². The van der Waals surface area contributed by atoms with Gasteiger partial charge in [-0.25, -0.2) is 4.79 Å². The number of rotatable bonds is 10. The predicted octanol–water partition coefficient (Wildman–Crippen LogP) is 5.79. The maximum absolute atomic E-state index is 10.9. The quantitative estimate of drug-likeness (QED) is 0.434. The molecule has 0 amide bonds. The lowest BCUT2D eigenvalue weighted by Gasteiger charge is -2.08. The van der Waals surface area contributed by atoms with E-state index >= 15 is 0 Å². The number of hydrogen-bond acceptors (Lipinski definition) is 3. The highest BCUT2D eigenvalue weighted by Crippen LogP contribution is 2.24. The van der Waals surface area contributed by atoms with Gasteiger partial charge in [0.2, 0.25) is 0 Å². The van der Waals surface area contributed by atoms with Gasteiger partial charge in [0.05, 0.1) is 17.9 Å². The molecule has 0 spiro atoms. The highest BCUT2D eigenvalue weighted by Gasteiger charge is 2.02. The summed E-state index contributed by atoms with van der Waals surface area (Å²) in [5.41, 5.74) is 3.06. The van der Waals surface area contributed by atoms with Crippen molar-refractivity contribution >= 4 is 17.9 Å². The maximum Gasteiger partial charge on any atom is 0.335 e. The number of carboxylic acids is 1. The zero-order chi connectivity index (χ0) is 18.8. The standard InChI is InChI=1S/C22H27NO3/c1-3-4-5-6-7-14-26-20-12-13-21(17(2)15-20)23-16-18-8-10-19(11-9-18)22(24)25/h8-13,15-16H,3-7,14H2,1-2H3,(H,24,25). The number of unbranched alkanes of at least 4 members (excludes halogenated alkanes) is 4. The molecule has 2 aromatic carbocycles. The summed E-state index contributed by atoms with van der Waals surface area (Å²) < 4.78 is 5.81. The first-order valence-electron chi connectivity index (χ1n) is 9.21. The number of nitrogens with zero attached hydrogens (tertiary/aromatic N) is 1. The van der Waals surface area contributed by atoms with Crippen LogP contribution < -0.4 is 4.74 Å². The van der Waals surface area contributed by atoms with E-state index in [1.807, 2.05) is 25.1 Å². The Morgan fingerprint density at radius 1 is 1.08 bits per heavy atom. The lowest BCUT2D eigenvalue weighted by atomic mass is 10.1. The predicted molar refractivity (Wildman–Crippen MR) is 106 cm³/mol. The van der Waals surface area contributed by atoms with Gasteiger partial charge < -0.3 is 9.84 Å². The molecule has 0 aromatic heterocycles. The molecular formula is C22H27NO3. The molecule has 138 valence electrons. The van der Waals surface area contributed by atoms with Crippen molar-refractivity contribution in [2.75, 3.05) is 6.61 Å². The SMILES string of the molecule is CCCCCCCOc1ccc(N=Cc2ccc(C(=O)O)cc2)c(C)c1. The van der Waals surface area contributed by atoms with Gasteiger partial charge in [0.25, 0.3) is 0 Å². The minimum absolute atomic E-state index is 0.273. The van der Waals surface area contributed by atoms with Crippen molar-refractivity contribution in [2.24, 2.45) is 4.99 Å². The van der Waals surface area contributed by atoms with Crippen molar-refractivity contribution < 1.29 is 14.6 Å². The van der Waals surface area contributed by atoms with Crippen LogP contribution in [-0.4, -0.2) is 23.9 Å². The number of carboxylic acid groups (broad SMARTS) is 1. The molecule has 4 nitrogen and oxygen atoms in total. The van der Waals surface area contributed by atoms with E-state index in [1.54, 1.807) is 30.5 Å². The molecule has 0 aliphatic rings. The third-order valence-corrected chi connectivity index (χ3v) is 4.20. The summed E-state index contributed by atoms with van der Waals surface area (Å²) in [6.45, 7) is 4.98. The molecule has 0 bridgehead atoms. The van der Waals surface area contributed by atoms with E-state index in [0.717, 1.165) is 35.6 Å². The molecule has 2 rings (SSSR count). The Morgan fingerprint density at radius 2 is 1.81 bits per heavy atom. The molecule has 26 heavy (non-hydrogen) atoms. The molecule has 0 aliphatic heterocycles. The minimum Gasteiger partial charge on any atom is -0.494 e. The van der Waals surface area contributed by atoms with Crippen LogP contribution in [0.3, 0.4) is 0 Å². The summed E-state index contributed by atoms with van der Waals surface area (Å²) in [7, 11) is 0. The van der Waals surface area contributed by atoms with Crippen molar-refractivity contribution in [1.82, 2.24) is 0 Å². The largest absolute Gasteiger partial charge is 0.494 e. The minimum atomic E-state index is -0.926. The van der Waals surface area contributed by atoms with Crippen LogP contribution in [0.25, 0.3) is 0 Å². The Bertz CT molecular complexity index is 736. The molecule has 0 atom stereocenters. The number of aliphatic imine (C=N–C) groups is 1. The molecule has 0 saturated heterocycles. The van der Waals surface area contributed by atoms with Crippen LogP contribution in [0.1, 0.15) is 60.5 Å². The van der Waals surface area contributed by atoms with Gasteiger partial charge in [0.1, 0.15) is 5.75 Å². The van der Waals surface area contributed by atoms with Crippen molar-refractivity contribution in [3.8, 4) is 5.75 Å². The van der Waals surface area contributed by atoms with Crippen LogP contribution in [0.4, 0.5) is 5.69 Å². The number of aromatic carboxylic acids is 1. The zero-order valence-electron chi connectivity index (χ0n) is 15.6. The Kier molecular flexibility index (Phi) is 7.87. The molecule has 4 heteroatoms. The third-order valence-electron chi connectivity index (χ3n) is 4.20. The Balaban J connectivity index is 1.89.